The van der Waals surface area contributed by atoms with Crippen LogP contribution in [0.1, 0.15) is 12.8 Å². The molecule has 0 bridgehead atoms. The van der Waals surface area contributed by atoms with Gasteiger partial charge in [0.25, 0.3) is 0 Å². The molecule has 2 nitrogen and oxygen atoms in total. The van der Waals surface area contributed by atoms with Crippen LogP contribution in [-0.2, 0) is 0 Å². The van der Waals surface area contributed by atoms with Gasteiger partial charge in [0, 0.05) is 7.05 Å². The first-order valence-electron chi connectivity index (χ1n) is 4.44. The number of nitrogens with one attached hydrogen (secondary N) is 1. The molecule has 0 amide bonds. The Morgan fingerprint density at radius 2 is 2.23 bits per heavy atom. The molecule has 0 aromatic heterocycles. The summed E-state index contributed by atoms with van der Waals surface area (Å²) in [5.74, 6) is 0.352. The summed E-state index contributed by atoms with van der Waals surface area (Å²) in [5.41, 5.74) is 0.453. The fourth-order valence-corrected chi connectivity index (χ4v) is 1.21. The van der Waals surface area contributed by atoms with Gasteiger partial charge in [0.2, 0.25) is 0 Å². The monoisotopic (exact) mass is 181 g/mol. The molecule has 0 saturated heterocycles. The third-order valence-electron chi connectivity index (χ3n) is 2.04. The quantitative estimate of drug-likeness (QED) is 0.773. The maximum Gasteiger partial charge on any atom is 0.150 e. The molecule has 1 aromatic rings. The molecule has 3 heteroatoms. The molecule has 1 aliphatic rings. The predicted molar refractivity (Wildman–Crippen MR) is 49.6 cm³/mol. The first-order chi connectivity index (χ1) is 6.31. The maximum absolute atomic E-state index is 13.2. The largest absolute Gasteiger partial charge is 0.488 e. The fourth-order valence-electron chi connectivity index (χ4n) is 1.21. The van der Waals surface area contributed by atoms with Gasteiger partial charge in [-0.05, 0) is 25.0 Å². The molecule has 1 aromatic carbocycles. The molecular formula is C10H12FNO. The van der Waals surface area contributed by atoms with Gasteiger partial charge in [0.05, 0.1) is 6.10 Å². The molecular weight excluding hydrogens is 169 g/mol. The molecule has 0 aliphatic heterocycles. The maximum atomic E-state index is 13.2. The van der Waals surface area contributed by atoms with Crippen LogP contribution < -0.4 is 10.1 Å². The Hall–Kier alpha value is -1.25. The van der Waals surface area contributed by atoms with E-state index in [0.29, 0.717) is 17.5 Å². The third-order valence-corrected chi connectivity index (χ3v) is 2.04. The normalized spacial score (nSPS) is 15.5. The summed E-state index contributed by atoms with van der Waals surface area (Å²) in [6.07, 6.45) is 2.47. The van der Waals surface area contributed by atoms with Crippen molar-refractivity contribution in [2.24, 2.45) is 0 Å². The van der Waals surface area contributed by atoms with E-state index < -0.39 is 0 Å². The van der Waals surface area contributed by atoms with Gasteiger partial charge >= 0.3 is 0 Å². The summed E-state index contributed by atoms with van der Waals surface area (Å²) in [7, 11) is 1.69. The second-order valence-corrected chi connectivity index (χ2v) is 3.18. The van der Waals surface area contributed by atoms with E-state index in [1.54, 1.807) is 19.2 Å². The van der Waals surface area contributed by atoms with Gasteiger partial charge < -0.3 is 10.1 Å². The van der Waals surface area contributed by atoms with Crippen LogP contribution in [0.2, 0.25) is 0 Å². The number of anilines is 1. The summed E-state index contributed by atoms with van der Waals surface area (Å²) >= 11 is 0. The van der Waals surface area contributed by atoms with Crippen LogP contribution in [0.25, 0.3) is 0 Å². The van der Waals surface area contributed by atoms with Crippen LogP contribution in [0, 0.1) is 5.82 Å². The highest BCUT2D eigenvalue weighted by Gasteiger charge is 2.24. The summed E-state index contributed by atoms with van der Waals surface area (Å²) in [4.78, 5) is 0. The summed E-state index contributed by atoms with van der Waals surface area (Å²) in [6.45, 7) is 0. The average Bonchev–Trinajstić information content (AvgIpc) is 2.89. The van der Waals surface area contributed by atoms with Crippen molar-refractivity contribution in [3.8, 4) is 5.75 Å². The zero-order valence-electron chi connectivity index (χ0n) is 7.51. The summed E-state index contributed by atoms with van der Waals surface area (Å²) < 4.78 is 18.7. The minimum absolute atomic E-state index is 0.263. The van der Waals surface area contributed by atoms with Gasteiger partial charge in [0.1, 0.15) is 17.3 Å². The van der Waals surface area contributed by atoms with E-state index in [9.17, 15) is 4.39 Å². The second-order valence-electron chi connectivity index (χ2n) is 3.18. The number of hydrogen-bond acceptors (Lipinski definition) is 2. The Morgan fingerprint density at radius 3 is 2.85 bits per heavy atom. The number of benzene rings is 1. The van der Waals surface area contributed by atoms with E-state index in [0.717, 1.165) is 12.8 Å². The van der Waals surface area contributed by atoms with Crippen LogP contribution in [-0.4, -0.2) is 13.2 Å². The third kappa shape index (κ3) is 1.74. The van der Waals surface area contributed by atoms with Crippen LogP contribution in [0.15, 0.2) is 18.2 Å². The average molecular weight is 181 g/mol. The van der Waals surface area contributed by atoms with Crippen molar-refractivity contribution in [3.63, 3.8) is 0 Å². The lowest BCUT2D eigenvalue weighted by Gasteiger charge is -2.10. The van der Waals surface area contributed by atoms with Gasteiger partial charge in [-0.1, -0.05) is 6.07 Å². The molecule has 70 valence electrons. The molecule has 1 aliphatic carbocycles. The molecule has 1 N–H and O–H groups in total. The molecule has 1 fully saturated rings. The summed E-state index contributed by atoms with van der Waals surface area (Å²) in [6, 6.07) is 4.87. The number of ether oxygens (including phenoxy) is 1. The molecule has 13 heavy (non-hydrogen) atoms. The van der Waals surface area contributed by atoms with E-state index in [-0.39, 0.29) is 5.82 Å². The lowest BCUT2D eigenvalue weighted by atomic mass is 10.3. The number of para-hydroxylation sites is 1. The van der Waals surface area contributed by atoms with Gasteiger partial charge in [-0.15, -0.1) is 0 Å². The Balaban J connectivity index is 2.25. The molecule has 0 heterocycles. The first kappa shape index (κ1) is 8.35. The van der Waals surface area contributed by atoms with Crippen molar-refractivity contribution in [3.05, 3.63) is 24.0 Å². The SMILES string of the molecule is CNc1c(F)cccc1OC1CC1. The molecule has 1 saturated carbocycles. The lowest BCUT2D eigenvalue weighted by Crippen LogP contribution is -2.01. The fraction of sp³-hybridized carbons (Fsp3) is 0.400. The molecule has 0 radical (unpaired) electrons. The Bertz CT molecular complexity index is 310. The van der Waals surface area contributed by atoms with Gasteiger partial charge in [-0.2, -0.15) is 0 Å². The molecule has 0 atom stereocenters. The highest BCUT2D eigenvalue weighted by atomic mass is 19.1. The lowest BCUT2D eigenvalue weighted by molar-refractivity contribution is 0.303. The highest BCUT2D eigenvalue weighted by Crippen LogP contribution is 2.33. The van der Waals surface area contributed by atoms with Crippen LogP contribution in [0.3, 0.4) is 0 Å². The second kappa shape index (κ2) is 3.24. The standard InChI is InChI=1S/C10H12FNO/c1-12-10-8(11)3-2-4-9(10)13-7-5-6-7/h2-4,7,12H,5-6H2,1H3. The number of halogens is 1. The highest BCUT2D eigenvalue weighted by molar-refractivity contribution is 5.57. The van der Waals surface area contributed by atoms with Crippen molar-refractivity contribution < 1.29 is 9.13 Å². The number of rotatable bonds is 3. The minimum atomic E-state index is -0.263. The Morgan fingerprint density at radius 1 is 1.46 bits per heavy atom. The molecule has 2 rings (SSSR count). The van der Waals surface area contributed by atoms with E-state index >= 15 is 0 Å². The van der Waals surface area contributed by atoms with Crippen LogP contribution >= 0.6 is 0 Å². The Kier molecular flexibility index (Phi) is 2.08. The Labute approximate surface area is 76.7 Å². The van der Waals surface area contributed by atoms with Crippen molar-refractivity contribution in [2.45, 2.75) is 18.9 Å². The van der Waals surface area contributed by atoms with Gasteiger partial charge in [0.15, 0.2) is 0 Å². The van der Waals surface area contributed by atoms with E-state index in [2.05, 4.69) is 5.32 Å². The predicted octanol–water partition coefficient (Wildman–Crippen LogP) is 2.41. The zero-order valence-corrected chi connectivity index (χ0v) is 7.51. The number of hydrogen-bond donors (Lipinski definition) is 1. The van der Waals surface area contributed by atoms with Gasteiger partial charge in [-0.25, -0.2) is 4.39 Å². The minimum Gasteiger partial charge on any atom is -0.488 e. The van der Waals surface area contributed by atoms with Gasteiger partial charge in [-0.3, -0.25) is 0 Å². The van der Waals surface area contributed by atoms with Crippen molar-refractivity contribution in [1.82, 2.24) is 0 Å². The van der Waals surface area contributed by atoms with Crippen LogP contribution in [0.5, 0.6) is 5.75 Å². The molecule has 0 unspecified atom stereocenters. The zero-order chi connectivity index (χ0) is 9.26. The van der Waals surface area contributed by atoms with Crippen LogP contribution in [0.4, 0.5) is 10.1 Å². The van der Waals surface area contributed by atoms with E-state index in [1.807, 2.05) is 0 Å². The van der Waals surface area contributed by atoms with Crippen molar-refractivity contribution in [2.75, 3.05) is 12.4 Å². The van der Waals surface area contributed by atoms with Crippen molar-refractivity contribution >= 4 is 5.69 Å². The van der Waals surface area contributed by atoms with E-state index in [4.69, 9.17) is 4.74 Å². The molecule has 0 spiro atoms. The van der Waals surface area contributed by atoms with Crippen molar-refractivity contribution in [1.29, 1.82) is 0 Å². The van der Waals surface area contributed by atoms with E-state index in [1.165, 1.54) is 6.07 Å². The smallest absolute Gasteiger partial charge is 0.150 e. The topological polar surface area (TPSA) is 21.3 Å². The summed E-state index contributed by atoms with van der Waals surface area (Å²) in [5, 5.41) is 2.80. The first-order valence-corrected chi connectivity index (χ1v) is 4.44.